The van der Waals surface area contributed by atoms with Gasteiger partial charge in [-0.3, -0.25) is 0 Å². The summed E-state index contributed by atoms with van der Waals surface area (Å²) in [5.74, 6) is -4.01. The molecule has 1 fully saturated rings. The Hall–Kier alpha value is -0.830. The highest BCUT2D eigenvalue weighted by atomic mass is 35.5. The fourth-order valence-corrected chi connectivity index (χ4v) is 3.32. The van der Waals surface area contributed by atoms with Gasteiger partial charge in [-0.2, -0.15) is 0 Å². The van der Waals surface area contributed by atoms with Crippen molar-refractivity contribution in [3.63, 3.8) is 0 Å². The van der Waals surface area contributed by atoms with Gasteiger partial charge in [0.25, 0.3) is 0 Å². The maximum absolute atomic E-state index is 13.4. The maximum atomic E-state index is 13.4. The summed E-state index contributed by atoms with van der Waals surface area (Å²) in [5.41, 5.74) is 5.42. The molecule has 0 aliphatic heterocycles. The van der Waals surface area contributed by atoms with Crippen LogP contribution in [-0.4, -0.2) is 21.0 Å². The molecule has 1 aliphatic carbocycles. The molecule has 3 N–H and O–H groups in total. The highest BCUT2D eigenvalue weighted by molar-refractivity contribution is 7.89. The number of hydrogen-bond donors (Lipinski definition) is 2. The lowest BCUT2D eigenvalue weighted by Crippen LogP contribution is -2.42. The van der Waals surface area contributed by atoms with E-state index in [0.717, 1.165) is 12.8 Å². The number of rotatable bonds is 5. The van der Waals surface area contributed by atoms with E-state index in [0.29, 0.717) is 12.1 Å². The molecule has 0 aromatic heterocycles. The second-order valence-electron chi connectivity index (χ2n) is 4.50. The molecule has 0 spiro atoms. The monoisotopic (exact) mass is 330 g/mol. The van der Waals surface area contributed by atoms with E-state index in [1.165, 1.54) is 0 Å². The van der Waals surface area contributed by atoms with Gasteiger partial charge >= 0.3 is 0 Å². The van der Waals surface area contributed by atoms with Crippen molar-refractivity contribution in [1.82, 2.24) is 4.72 Å². The molecule has 1 aromatic rings. The van der Waals surface area contributed by atoms with E-state index in [1.54, 1.807) is 0 Å². The summed E-state index contributed by atoms with van der Waals surface area (Å²) in [5, 5.41) is 0. The minimum Gasteiger partial charge on any atom is -0.329 e. The Morgan fingerprint density at radius 2 is 1.75 bits per heavy atom. The summed E-state index contributed by atoms with van der Waals surface area (Å²) in [6, 6.07) is 0.0900. The summed E-state index contributed by atoms with van der Waals surface area (Å²) in [4.78, 5) is -1.17. The average Bonchev–Trinajstić information content (AvgIpc) is 3.07. The van der Waals surface area contributed by atoms with Crippen LogP contribution in [0.2, 0.25) is 0 Å². The van der Waals surface area contributed by atoms with E-state index < -0.39 is 38.4 Å². The van der Waals surface area contributed by atoms with Crippen molar-refractivity contribution in [1.29, 1.82) is 0 Å². The Morgan fingerprint density at radius 3 is 2.15 bits per heavy atom. The summed E-state index contributed by atoms with van der Waals surface area (Å²) in [6.45, 7) is 0.0360. The molecule has 4 nitrogen and oxygen atoms in total. The summed E-state index contributed by atoms with van der Waals surface area (Å²) >= 11 is 0. The SMILES string of the molecule is Cl.NCC(NS(=O)(=O)c1c(F)cc(F)cc1F)C1CC1. The number of hydrogen-bond acceptors (Lipinski definition) is 3. The molecular formula is C11H14ClF3N2O2S. The summed E-state index contributed by atoms with van der Waals surface area (Å²) < 4.78 is 65.6. The molecule has 1 atom stereocenters. The first-order valence-corrected chi connectivity index (χ1v) is 7.20. The standard InChI is InChI=1S/C11H13F3N2O2S.ClH/c12-7-3-8(13)11(9(14)4-7)19(17,18)16-10(5-15)6-1-2-6;/h3-4,6,10,16H,1-2,5,15H2;1H. The Morgan fingerprint density at radius 1 is 1.25 bits per heavy atom. The lowest BCUT2D eigenvalue weighted by molar-refractivity contribution is 0.481. The zero-order valence-electron chi connectivity index (χ0n) is 10.3. The highest BCUT2D eigenvalue weighted by Gasteiger charge is 2.35. The average molecular weight is 331 g/mol. The van der Waals surface area contributed by atoms with E-state index in [-0.39, 0.29) is 24.9 Å². The third-order valence-electron chi connectivity index (χ3n) is 2.98. The molecule has 2 rings (SSSR count). The minimum absolute atomic E-state index is 0. The van der Waals surface area contributed by atoms with E-state index in [4.69, 9.17) is 5.73 Å². The Bertz CT molecular complexity index is 570. The third kappa shape index (κ3) is 3.63. The normalized spacial score (nSPS) is 16.6. The topological polar surface area (TPSA) is 72.2 Å². The molecule has 0 radical (unpaired) electrons. The van der Waals surface area contributed by atoms with Gasteiger partial charge in [0.15, 0.2) is 4.90 Å². The molecule has 1 unspecified atom stereocenters. The van der Waals surface area contributed by atoms with E-state index >= 15 is 0 Å². The van der Waals surface area contributed by atoms with Gasteiger partial charge in [0.1, 0.15) is 17.5 Å². The van der Waals surface area contributed by atoms with Crippen LogP contribution in [0.1, 0.15) is 12.8 Å². The van der Waals surface area contributed by atoms with Gasteiger partial charge in [-0.15, -0.1) is 12.4 Å². The lowest BCUT2D eigenvalue weighted by atomic mass is 10.2. The first-order chi connectivity index (χ1) is 8.85. The van der Waals surface area contributed by atoms with Gasteiger partial charge in [0, 0.05) is 24.7 Å². The third-order valence-corrected chi connectivity index (χ3v) is 4.52. The largest absolute Gasteiger partial charge is 0.329 e. The van der Waals surface area contributed by atoms with Crippen LogP contribution >= 0.6 is 12.4 Å². The second kappa shape index (κ2) is 6.30. The van der Waals surface area contributed by atoms with Crippen LogP contribution in [-0.2, 0) is 10.0 Å². The van der Waals surface area contributed by atoms with Gasteiger partial charge in [0.2, 0.25) is 10.0 Å². The van der Waals surface area contributed by atoms with Crippen molar-refractivity contribution in [3.05, 3.63) is 29.6 Å². The molecule has 1 aliphatic rings. The highest BCUT2D eigenvalue weighted by Crippen LogP contribution is 2.33. The van der Waals surface area contributed by atoms with E-state index in [2.05, 4.69) is 4.72 Å². The Labute approximate surface area is 121 Å². The molecule has 0 amide bonds. The van der Waals surface area contributed by atoms with E-state index in [1.807, 2.05) is 0 Å². The molecule has 1 saturated carbocycles. The summed E-state index contributed by atoms with van der Waals surface area (Å²) in [6.07, 6.45) is 1.64. The van der Waals surface area contributed by atoms with Crippen molar-refractivity contribution in [2.75, 3.05) is 6.54 Å². The Balaban J connectivity index is 0.00000200. The first kappa shape index (κ1) is 17.2. The zero-order valence-corrected chi connectivity index (χ0v) is 11.9. The van der Waals surface area contributed by atoms with Crippen molar-refractivity contribution in [2.24, 2.45) is 11.7 Å². The van der Waals surface area contributed by atoms with Crippen LogP contribution in [0.3, 0.4) is 0 Å². The second-order valence-corrected chi connectivity index (χ2v) is 6.15. The lowest BCUT2D eigenvalue weighted by Gasteiger charge is -2.16. The molecule has 0 bridgehead atoms. The van der Waals surface area contributed by atoms with Crippen LogP contribution in [0.15, 0.2) is 17.0 Å². The number of nitrogens with one attached hydrogen (secondary N) is 1. The number of halogens is 4. The van der Waals surface area contributed by atoms with Crippen LogP contribution in [0, 0.1) is 23.4 Å². The quantitative estimate of drug-likeness (QED) is 0.860. The molecule has 1 aromatic carbocycles. The van der Waals surface area contributed by atoms with Crippen LogP contribution < -0.4 is 10.5 Å². The molecule has 0 heterocycles. The van der Waals surface area contributed by atoms with Crippen LogP contribution in [0.5, 0.6) is 0 Å². The molecule has 114 valence electrons. The van der Waals surface area contributed by atoms with Crippen molar-refractivity contribution < 1.29 is 21.6 Å². The number of sulfonamides is 1. The Kier molecular flexibility index (Phi) is 5.42. The number of benzene rings is 1. The van der Waals surface area contributed by atoms with Crippen molar-refractivity contribution in [3.8, 4) is 0 Å². The van der Waals surface area contributed by atoms with E-state index in [9.17, 15) is 21.6 Å². The van der Waals surface area contributed by atoms with Crippen LogP contribution in [0.4, 0.5) is 13.2 Å². The molecular weight excluding hydrogens is 317 g/mol. The first-order valence-electron chi connectivity index (χ1n) is 5.72. The predicted molar refractivity (Wildman–Crippen MR) is 69.5 cm³/mol. The van der Waals surface area contributed by atoms with Crippen LogP contribution in [0.25, 0.3) is 0 Å². The smallest absolute Gasteiger partial charge is 0.246 e. The zero-order chi connectivity index (χ0) is 14.2. The minimum atomic E-state index is -4.40. The van der Waals surface area contributed by atoms with Gasteiger partial charge in [-0.25, -0.2) is 26.3 Å². The van der Waals surface area contributed by atoms with Gasteiger partial charge < -0.3 is 5.73 Å². The van der Waals surface area contributed by atoms with Gasteiger partial charge in [-0.05, 0) is 18.8 Å². The predicted octanol–water partition coefficient (Wildman–Crippen LogP) is 1.54. The fourth-order valence-electron chi connectivity index (χ4n) is 1.88. The van der Waals surface area contributed by atoms with Crippen molar-refractivity contribution >= 4 is 22.4 Å². The fraction of sp³-hybridized carbons (Fsp3) is 0.455. The van der Waals surface area contributed by atoms with Gasteiger partial charge in [0.05, 0.1) is 0 Å². The van der Waals surface area contributed by atoms with Crippen molar-refractivity contribution in [2.45, 2.75) is 23.8 Å². The maximum Gasteiger partial charge on any atom is 0.246 e. The van der Waals surface area contributed by atoms with Gasteiger partial charge in [-0.1, -0.05) is 0 Å². The number of nitrogens with two attached hydrogens (primary N) is 1. The molecule has 0 saturated heterocycles. The molecule has 20 heavy (non-hydrogen) atoms. The summed E-state index contributed by atoms with van der Waals surface area (Å²) in [7, 11) is -4.40. The molecule has 9 heteroatoms.